The summed E-state index contributed by atoms with van der Waals surface area (Å²) in [6, 6.07) is 9.35. The topological polar surface area (TPSA) is 50.2 Å². The summed E-state index contributed by atoms with van der Waals surface area (Å²) in [4.78, 5) is 16.1. The molecule has 3 nitrogen and oxygen atoms in total. The fourth-order valence-electron chi connectivity index (χ4n) is 1.96. The van der Waals surface area contributed by atoms with Crippen molar-refractivity contribution in [3.05, 3.63) is 52.0 Å². The summed E-state index contributed by atoms with van der Waals surface area (Å²) >= 11 is 1.54. The SMILES string of the molecule is CC(C)(C)c1csc(CC(C(=O)O)c2ccccc2)n1. The number of rotatable bonds is 4. The number of benzene rings is 1. The van der Waals surface area contributed by atoms with Crippen molar-refractivity contribution in [3.8, 4) is 0 Å². The highest BCUT2D eigenvalue weighted by Crippen LogP contribution is 2.27. The van der Waals surface area contributed by atoms with Crippen LogP contribution in [-0.4, -0.2) is 16.1 Å². The van der Waals surface area contributed by atoms with Crippen LogP contribution in [0.25, 0.3) is 0 Å². The first-order chi connectivity index (χ1) is 9.38. The third kappa shape index (κ3) is 3.45. The Labute approximate surface area is 123 Å². The van der Waals surface area contributed by atoms with Crippen LogP contribution in [0, 0.1) is 0 Å². The minimum Gasteiger partial charge on any atom is -0.481 e. The van der Waals surface area contributed by atoms with Crippen molar-refractivity contribution in [2.45, 2.75) is 38.5 Å². The number of nitrogens with zero attached hydrogens (tertiary/aromatic N) is 1. The van der Waals surface area contributed by atoms with Crippen LogP contribution >= 0.6 is 11.3 Å². The summed E-state index contributed by atoms with van der Waals surface area (Å²) < 4.78 is 0. The van der Waals surface area contributed by atoms with Crippen LogP contribution in [0.4, 0.5) is 0 Å². The van der Waals surface area contributed by atoms with Crippen LogP contribution in [-0.2, 0) is 16.6 Å². The minimum absolute atomic E-state index is 0.000215. The quantitative estimate of drug-likeness (QED) is 0.930. The first-order valence-electron chi connectivity index (χ1n) is 6.60. The van der Waals surface area contributed by atoms with Gasteiger partial charge in [0.2, 0.25) is 0 Å². The Balaban J connectivity index is 2.22. The Morgan fingerprint density at radius 2 is 1.95 bits per heavy atom. The van der Waals surface area contributed by atoms with Crippen LogP contribution in [0.2, 0.25) is 0 Å². The van der Waals surface area contributed by atoms with E-state index in [1.165, 1.54) is 0 Å². The second-order valence-corrected chi connectivity index (χ2v) is 6.82. The summed E-state index contributed by atoms with van der Waals surface area (Å²) in [6.45, 7) is 6.33. The predicted molar refractivity (Wildman–Crippen MR) is 81.3 cm³/mol. The van der Waals surface area contributed by atoms with Crippen molar-refractivity contribution in [2.75, 3.05) is 0 Å². The van der Waals surface area contributed by atoms with Crippen molar-refractivity contribution in [1.29, 1.82) is 0 Å². The van der Waals surface area contributed by atoms with Crippen LogP contribution < -0.4 is 0 Å². The monoisotopic (exact) mass is 289 g/mol. The molecule has 1 unspecified atom stereocenters. The van der Waals surface area contributed by atoms with Gasteiger partial charge in [-0.25, -0.2) is 4.98 Å². The number of carbonyl (C=O) groups is 1. The molecule has 0 saturated heterocycles. The fourth-order valence-corrected chi connectivity index (χ4v) is 3.02. The zero-order chi connectivity index (χ0) is 14.8. The molecule has 1 aromatic heterocycles. The molecular weight excluding hydrogens is 270 g/mol. The van der Waals surface area contributed by atoms with Crippen molar-refractivity contribution in [1.82, 2.24) is 4.98 Å². The molecule has 0 saturated carbocycles. The molecule has 2 aromatic rings. The second-order valence-electron chi connectivity index (χ2n) is 5.88. The van der Waals surface area contributed by atoms with E-state index in [1.54, 1.807) is 11.3 Å². The highest BCUT2D eigenvalue weighted by molar-refractivity contribution is 7.09. The lowest BCUT2D eigenvalue weighted by Gasteiger charge is -2.14. The van der Waals surface area contributed by atoms with Crippen molar-refractivity contribution < 1.29 is 9.90 Å². The van der Waals surface area contributed by atoms with E-state index in [1.807, 2.05) is 35.7 Å². The molecule has 2 rings (SSSR count). The second kappa shape index (κ2) is 5.75. The number of carboxylic acids is 1. The van der Waals surface area contributed by atoms with Gasteiger partial charge in [0.1, 0.15) is 0 Å². The lowest BCUT2D eigenvalue weighted by Crippen LogP contribution is -2.15. The van der Waals surface area contributed by atoms with Gasteiger partial charge in [-0.05, 0) is 5.56 Å². The molecule has 0 spiro atoms. The van der Waals surface area contributed by atoms with E-state index in [2.05, 4.69) is 25.8 Å². The Hall–Kier alpha value is -1.68. The van der Waals surface area contributed by atoms with Gasteiger partial charge < -0.3 is 5.11 Å². The molecule has 106 valence electrons. The number of thiazole rings is 1. The summed E-state index contributed by atoms with van der Waals surface area (Å²) in [5.74, 6) is -1.33. The highest BCUT2D eigenvalue weighted by atomic mass is 32.1. The minimum atomic E-state index is -0.802. The molecule has 0 amide bonds. The molecular formula is C16H19NO2S. The zero-order valence-corrected chi connectivity index (χ0v) is 12.8. The molecule has 0 aliphatic carbocycles. The van der Waals surface area contributed by atoms with E-state index < -0.39 is 11.9 Å². The van der Waals surface area contributed by atoms with Gasteiger partial charge in [-0.3, -0.25) is 4.79 Å². The molecule has 1 atom stereocenters. The maximum absolute atomic E-state index is 11.5. The molecule has 4 heteroatoms. The lowest BCUT2D eigenvalue weighted by atomic mass is 9.93. The Morgan fingerprint density at radius 3 is 2.45 bits per heavy atom. The number of aromatic nitrogens is 1. The Morgan fingerprint density at radius 1 is 1.30 bits per heavy atom. The fraction of sp³-hybridized carbons (Fsp3) is 0.375. The first kappa shape index (κ1) is 14.7. The molecule has 0 fully saturated rings. The number of hydrogen-bond acceptors (Lipinski definition) is 3. The van der Waals surface area contributed by atoms with Crippen molar-refractivity contribution >= 4 is 17.3 Å². The number of hydrogen-bond donors (Lipinski definition) is 1. The highest BCUT2D eigenvalue weighted by Gasteiger charge is 2.23. The van der Waals surface area contributed by atoms with E-state index in [-0.39, 0.29) is 5.41 Å². The molecule has 0 radical (unpaired) electrons. The average molecular weight is 289 g/mol. The van der Waals surface area contributed by atoms with Crippen molar-refractivity contribution in [2.24, 2.45) is 0 Å². The summed E-state index contributed by atoms with van der Waals surface area (Å²) in [7, 11) is 0. The molecule has 1 heterocycles. The van der Waals surface area contributed by atoms with Gasteiger partial charge in [0, 0.05) is 17.2 Å². The maximum atomic E-state index is 11.5. The van der Waals surface area contributed by atoms with Crippen LogP contribution in [0.3, 0.4) is 0 Å². The molecule has 0 bridgehead atoms. The van der Waals surface area contributed by atoms with Gasteiger partial charge in [-0.2, -0.15) is 0 Å². The van der Waals surface area contributed by atoms with Gasteiger partial charge in [-0.1, -0.05) is 51.1 Å². The number of aliphatic carboxylic acids is 1. The Kier molecular flexibility index (Phi) is 4.23. The van der Waals surface area contributed by atoms with Gasteiger partial charge in [0.15, 0.2) is 0 Å². The smallest absolute Gasteiger partial charge is 0.311 e. The molecule has 20 heavy (non-hydrogen) atoms. The molecule has 0 aliphatic rings. The van der Waals surface area contributed by atoms with Crippen molar-refractivity contribution in [3.63, 3.8) is 0 Å². The summed E-state index contributed by atoms with van der Waals surface area (Å²) in [6.07, 6.45) is 0.445. The average Bonchev–Trinajstić information content (AvgIpc) is 2.85. The van der Waals surface area contributed by atoms with E-state index in [9.17, 15) is 9.90 Å². The maximum Gasteiger partial charge on any atom is 0.311 e. The number of carboxylic acid groups (broad SMARTS) is 1. The van der Waals surface area contributed by atoms with E-state index in [0.717, 1.165) is 16.3 Å². The van der Waals surface area contributed by atoms with E-state index in [4.69, 9.17) is 0 Å². The molecule has 1 aromatic carbocycles. The van der Waals surface area contributed by atoms with Gasteiger partial charge >= 0.3 is 5.97 Å². The summed E-state index contributed by atoms with van der Waals surface area (Å²) in [5.41, 5.74) is 1.85. The normalized spacial score (nSPS) is 13.2. The van der Waals surface area contributed by atoms with Crippen LogP contribution in [0.5, 0.6) is 0 Å². The third-order valence-corrected chi connectivity index (χ3v) is 4.07. The van der Waals surface area contributed by atoms with Gasteiger partial charge in [-0.15, -0.1) is 11.3 Å². The summed E-state index contributed by atoms with van der Waals surface area (Å²) in [5, 5.41) is 12.3. The van der Waals surface area contributed by atoms with Crippen LogP contribution in [0.1, 0.15) is 43.0 Å². The largest absolute Gasteiger partial charge is 0.481 e. The first-order valence-corrected chi connectivity index (χ1v) is 7.48. The standard InChI is InChI=1S/C16H19NO2S/c1-16(2,3)13-10-20-14(17-13)9-12(15(18)19)11-7-5-4-6-8-11/h4-8,10,12H,9H2,1-3H3,(H,18,19). The van der Waals surface area contributed by atoms with Gasteiger partial charge in [0.05, 0.1) is 16.6 Å². The van der Waals surface area contributed by atoms with E-state index in [0.29, 0.717) is 6.42 Å². The lowest BCUT2D eigenvalue weighted by molar-refractivity contribution is -0.138. The zero-order valence-electron chi connectivity index (χ0n) is 12.0. The predicted octanol–water partition coefficient (Wildman–Crippen LogP) is 3.85. The Bertz CT molecular complexity index is 584. The molecule has 1 N–H and O–H groups in total. The van der Waals surface area contributed by atoms with Gasteiger partial charge in [0.25, 0.3) is 0 Å². The van der Waals surface area contributed by atoms with Crippen LogP contribution in [0.15, 0.2) is 35.7 Å². The third-order valence-electron chi connectivity index (χ3n) is 3.20. The van der Waals surface area contributed by atoms with E-state index >= 15 is 0 Å². The molecule has 0 aliphatic heterocycles.